The normalized spacial score (nSPS) is 11.1. The molecule has 0 aromatic heterocycles. The topological polar surface area (TPSA) is 146 Å². The molecule has 2 rings (SSSR count). The fourth-order valence-corrected chi connectivity index (χ4v) is 2.62. The maximum Gasteiger partial charge on any atom is 0.408 e. The minimum absolute atomic E-state index is 0.0278. The van der Waals surface area contributed by atoms with Gasteiger partial charge in [-0.3, -0.25) is 9.79 Å². The maximum atomic E-state index is 12.6. The van der Waals surface area contributed by atoms with Gasteiger partial charge in [0.2, 0.25) is 0 Å². The number of ketones is 1. The molecule has 0 saturated heterocycles. The summed E-state index contributed by atoms with van der Waals surface area (Å²) in [5.74, 6) is -2.00. The second-order valence-electron chi connectivity index (χ2n) is 6.63. The van der Waals surface area contributed by atoms with Crippen LogP contribution in [0.1, 0.15) is 24.0 Å². The summed E-state index contributed by atoms with van der Waals surface area (Å²) in [5.41, 5.74) is 12.1. The molecule has 0 heterocycles. The number of hydrogen-bond acceptors (Lipinski definition) is 6. The third kappa shape index (κ3) is 8.99. The highest BCUT2D eigenvalue weighted by Gasteiger charge is 2.28. The molecule has 1 amide bonds. The van der Waals surface area contributed by atoms with Gasteiger partial charge >= 0.3 is 12.1 Å². The third-order valence-electron chi connectivity index (χ3n) is 4.18. The van der Waals surface area contributed by atoms with Crippen LogP contribution >= 0.6 is 0 Å². The second kappa shape index (κ2) is 12.6. The van der Waals surface area contributed by atoms with Crippen molar-refractivity contribution in [2.24, 2.45) is 16.5 Å². The molecular formula is C22H26N4O5. The number of Topliss-reactive ketones (excluding diaryl/α,β-unsaturated/α-hetero) is 1. The number of carbonyl (C=O) groups excluding carboxylic acids is 3. The summed E-state index contributed by atoms with van der Waals surface area (Å²) in [5, 5.41) is 2.43. The first kappa shape index (κ1) is 23.4. The lowest BCUT2D eigenvalue weighted by molar-refractivity contribution is -0.155. The molecule has 0 saturated carbocycles. The van der Waals surface area contributed by atoms with E-state index in [2.05, 4.69) is 10.3 Å². The molecule has 0 fully saturated rings. The van der Waals surface area contributed by atoms with Crippen LogP contribution in [-0.4, -0.2) is 36.4 Å². The van der Waals surface area contributed by atoms with Gasteiger partial charge < -0.3 is 26.3 Å². The standard InChI is InChI=1S/C22H26N4O5/c23-21(24)25-13-7-12-18(26-22(29)31-15-17-10-5-2-6-11-17)19(27)20(28)30-14-16-8-3-1-4-9-16/h1-6,8-11,18H,7,12-15H2,(H,26,29)(H4,23,24,25)/t18-/m0/s1. The predicted octanol–water partition coefficient (Wildman–Crippen LogP) is 1.65. The van der Waals surface area contributed by atoms with Crippen LogP contribution in [0.4, 0.5) is 4.79 Å². The first-order valence-corrected chi connectivity index (χ1v) is 9.73. The number of nitrogens with two attached hydrogens (primary N) is 2. The summed E-state index contributed by atoms with van der Waals surface area (Å²) >= 11 is 0. The average molecular weight is 426 g/mol. The number of esters is 1. The van der Waals surface area contributed by atoms with Gasteiger partial charge in [0.05, 0.1) is 0 Å². The molecule has 2 aromatic carbocycles. The minimum Gasteiger partial charge on any atom is -0.455 e. The Balaban J connectivity index is 1.93. The zero-order valence-corrected chi connectivity index (χ0v) is 17.0. The molecule has 1 atom stereocenters. The van der Waals surface area contributed by atoms with E-state index >= 15 is 0 Å². The highest BCUT2D eigenvalue weighted by Crippen LogP contribution is 2.06. The van der Waals surface area contributed by atoms with E-state index in [1.807, 2.05) is 24.3 Å². The van der Waals surface area contributed by atoms with Crippen LogP contribution in [0.15, 0.2) is 65.7 Å². The van der Waals surface area contributed by atoms with E-state index in [0.29, 0.717) is 6.42 Å². The van der Waals surface area contributed by atoms with Crippen molar-refractivity contribution in [2.45, 2.75) is 32.1 Å². The maximum absolute atomic E-state index is 12.6. The fraction of sp³-hybridized carbons (Fsp3) is 0.273. The van der Waals surface area contributed by atoms with Crippen molar-refractivity contribution in [2.75, 3.05) is 6.54 Å². The van der Waals surface area contributed by atoms with Crippen molar-refractivity contribution in [3.8, 4) is 0 Å². The van der Waals surface area contributed by atoms with Gasteiger partial charge in [-0.05, 0) is 24.0 Å². The van der Waals surface area contributed by atoms with E-state index in [4.69, 9.17) is 20.9 Å². The summed E-state index contributed by atoms with van der Waals surface area (Å²) in [6.07, 6.45) is -0.324. The van der Waals surface area contributed by atoms with E-state index in [9.17, 15) is 14.4 Å². The quantitative estimate of drug-likeness (QED) is 0.163. The molecule has 164 valence electrons. The predicted molar refractivity (Wildman–Crippen MR) is 115 cm³/mol. The van der Waals surface area contributed by atoms with E-state index in [0.717, 1.165) is 11.1 Å². The van der Waals surface area contributed by atoms with Gasteiger partial charge in [0, 0.05) is 6.54 Å². The van der Waals surface area contributed by atoms with Crippen molar-refractivity contribution in [3.05, 3.63) is 71.8 Å². The number of aliphatic imine (C=N–C) groups is 1. The highest BCUT2D eigenvalue weighted by atomic mass is 16.6. The monoisotopic (exact) mass is 426 g/mol. The first-order chi connectivity index (χ1) is 15.0. The molecule has 0 aliphatic heterocycles. The Kier molecular flexibility index (Phi) is 9.54. The van der Waals surface area contributed by atoms with E-state index in [1.165, 1.54) is 0 Å². The molecule has 31 heavy (non-hydrogen) atoms. The Morgan fingerprint density at radius 2 is 1.42 bits per heavy atom. The number of amides is 1. The van der Waals surface area contributed by atoms with Gasteiger partial charge in [0.1, 0.15) is 19.3 Å². The number of alkyl carbamates (subject to hydrolysis) is 1. The van der Waals surface area contributed by atoms with Crippen molar-refractivity contribution < 1.29 is 23.9 Å². The summed E-state index contributed by atoms with van der Waals surface area (Å²) in [4.78, 5) is 40.8. The van der Waals surface area contributed by atoms with Crippen LogP contribution in [0.3, 0.4) is 0 Å². The van der Waals surface area contributed by atoms with Crippen LogP contribution in [0.5, 0.6) is 0 Å². The summed E-state index contributed by atoms with van der Waals surface area (Å²) in [7, 11) is 0. The number of nitrogens with one attached hydrogen (secondary N) is 1. The molecule has 9 heteroatoms. The molecule has 0 unspecified atom stereocenters. The second-order valence-corrected chi connectivity index (χ2v) is 6.63. The molecule has 0 aliphatic carbocycles. The largest absolute Gasteiger partial charge is 0.455 e. The van der Waals surface area contributed by atoms with Crippen LogP contribution in [0.25, 0.3) is 0 Å². The first-order valence-electron chi connectivity index (χ1n) is 9.73. The van der Waals surface area contributed by atoms with Gasteiger partial charge in [-0.2, -0.15) is 0 Å². The molecule has 0 aliphatic rings. The highest BCUT2D eigenvalue weighted by molar-refractivity contribution is 6.36. The van der Waals surface area contributed by atoms with Crippen molar-refractivity contribution in [1.82, 2.24) is 5.32 Å². The zero-order valence-electron chi connectivity index (χ0n) is 17.0. The van der Waals surface area contributed by atoms with E-state index in [1.54, 1.807) is 36.4 Å². The Morgan fingerprint density at radius 3 is 1.97 bits per heavy atom. The van der Waals surface area contributed by atoms with Gasteiger partial charge in [0.15, 0.2) is 5.96 Å². The lowest BCUT2D eigenvalue weighted by Crippen LogP contribution is -2.44. The molecule has 2 aromatic rings. The third-order valence-corrected chi connectivity index (χ3v) is 4.18. The number of benzene rings is 2. The van der Waals surface area contributed by atoms with Gasteiger partial charge in [-0.15, -0.1) is 0 Å². The molecule has 5 N–H and O–H groups in total. The average Bonchev–Trinajstić information content (AvgIpc) is 2.78. The smallest absolute Gasteiger partial charge is 0.408 e. The number of rotatable bonds is 11. The zero-order chi connectivity index (χ0) is 22.5. The lowest BCUT2D eigenvalue weighted by atomic mass is 10.1. The Bertz CT molecular complexity index is 883. The Hall–Kier alpha value is -3.88. The fourth-order valence-electron chi connectivity index (χ4n) is 2.62. The van der Waals surface area contributed by atoms with Crippen LogP contribution in [-0.2, 0) is 32.3 Å². The minimum atomic E-state index is -1.12. The van der Waals surface area contributed by atoms with Crippen LogP contribution in [0, 0.1) is 0 Å². The Labute approximate surface area is 180 Å². The number of nitrogens with zero attached hydrogens (tertiary/aromatic N) is 1. The Morgan fingerprint density at radius 1 is 0.871 bits per heavy atom. The molecule has 9 nitrogen and oxygen atoms in total. The number of carbonyl (C=O) groups is 3. The van der Waals surface area contributed by atoms with Crippen LogP contribution in [0.2, 0.25) is 0 Å². The van der Waals surface area contributed by atoms with Gasteiger partial charge in [0.25, 0.3) is 5.78 Å². The van der Waals surface area contributed by atoms with Gasteiger partial charge in [-0.25, -0.2) is 9.59 Å². The molecule has 0 radical (unpaired) electrons. The lowest BCUT2D eigenvalue weighted by Gasteiger charge is -2.16. The summed E-state index contributed by atoms with van der Waals surface area (Å²) in [6, 6.07) is 16.9. The molecule has 0 spiro atoms. The number of hydrogen-bond donors (Lipinski definition) is 3. The summed E-state index contributed by atoms with van der Waals surface area (Å²) in [6.45, 7) is 0.219. The SMILES string of the molecule is NC(N)=NCCC[C@H](NC(=O)OCc1ccccc1)C(=O)C(=O)OCc1ccccc1. The van der Waals surface area contributed by atoms with Crippen LogP contribution < -0.4 is 16.8 Å². The summed E-state index contributed by atoms with van der Waals surface area (Å²) < 4.78 is 10.2. The molecule has 0 bridgehead atoms. The number of guanidine groups is 1. The molecular weight excluding hydrogens is 400 g/mol. The van der Waals surface area contributed by atoms with Crippen molar-refractivity contribution >= 4 is 23.8 Å². The van der Waals surface area contributed by atoms with Gasteiger partial charge in [-0.1, -0.05) is 60.7 Å². The van der Waals surface area contributed by atoms with E-state index in [-0.39, 0.29) is 32.1 Å². The van der Waals surface area contributed by atoms with Crippen molar-refractivity contribution in [3.63, 3.8) is 0 Å². The number of ether oxygens (including phenoxy) is 2. The van der Waals surface area contributed by atoms with Crippen molar-refractivity contribution in [1.29, 1.82) is 0 Å². The van der Waals surface area contributed by atoms with E-state index < -0.39 is 23.9 Å².